The summed E-state index contributed by atoms with van der Waals surface area (Å²) in [6.07, 6.45) is 0.587. The van der Waals surface area contributed by atoms with Crippen LogP contribution >= 0.6 is 0 Å². The van der Waals surface area contributed by atoms with Crippen LogP contribution in [-0.4, -0.2) is 201 Å². The number of aliphatic hydroxyl groups excluding tert-OH is 2. The highest BCUT2D eigenvalue weighted by Crippen LogP contribution is 2.12. The van der Waals surface area contributed by atoms with Gasteiger partial charge in [-0.3, -0.25) is 43.2 Å². The van der Waals surface area contributed by atoms with Gasteiger partial charge in [-0.05, 0) is 70.6 Å². The van der Waals surface area contributed by atoms with Gasteiger partial charge < -0.3 is 72.0 Å². The maximum Gasteiger partial charge on any atom is 0.328 e. The van der Waals surface area contributed by atoms with Crippen molar-refractivity contribution in [3.05, 3.63) is 35.9 Å². The van der Waals surface area contributed by atoms with Crippen molar-refractivity contribution in [2.75, 3.05) is 68.7 Å². The molecule has 0 saturated carbocycles. The Bertz CT molecular complexity index is 1970. The molecule has 72 heavy (non-hydrogen) atoms. The van der Waals surface area contributed by atoms with Crippen molar-refractivity contribution >= 4 is 59.2 Å². The molecule has 24 heteroatoms. The summed E-state index contributed by atoms with van der Waals surface area (Å²) in [5.74, 6) is -9.81. The van der Waals surface area contributed by atoms with Crippen LogP contribution in [0.1, 0.15) is 78.7 Å². The molecule has 0 saturated heterocycles. The van der Waals surface area contributed by atoms with Crippen LogP contribution in [-0.2, 0) is 59.1 Å². The number of carboxylic acids is 1. The zero-order chi connectivity index (χ0) is 54.9. The number of aliphatic carboxylic acids is 1. The number of nitrogens with one attached hydrogen (secondary N) is 8. The Hall–Kier alpha value is -6.24. The van der Waals surface area contributed by atoms with Crippen LogP contribution in [0.4, 0.5) is 0 Å². The number of unbranched alkanes of at least 4 members (excludes halogenated alkanes) is 1. The molecule has 0 fully saturated rings. The Labute approximate surface area is 422 Å². The fourth-order valence-corrected chi connectivity index (χ4v) is 7.09. The number of carboxylic acid groups (broad SMARTS) is 1. The van der Waals surface area contributed by atoms with Gasteiger partial charge >= 0.3 is 11.9 Å². The largest absolute Gasteiger partial charge is 0.481 e. The number of carbonyl (C=O) groups is 10. The molecule has 1 aromatic rings. The van der Waals surface area contributed by atoms with E-state index in [-0.39, 0.29) is 36.2 Å². The number of esters is 1. The summed E-state index contributed by atoms with van der Waals surface area (Å²) in [5.41, 5.74) is 0.628. The van der Waals surface area contributed by atoms with Crippen LogP contribution in [0.25, 0.3) is 0 Å². The summed E-state index contributed by atoms with van der Waals surface area (Å²) < 4.78 is 5.01. The Morgan fingerprint density at radius 1 is 0.625 bits per heavy atom. The van der Waals surface area contributed by atoms with Crippen LogP contribution in [0, 0.1) is 11.8 Å². The van der Waals surface area contributed by atoms with E-state index in [0.29, 0.717) is 31.4 Å². The SMILES string of the molecule is CC[C@H](C)[C@H](NC(=O)[C@H](C)NC(=O)[C@H](CO)NC(=O)[C@H](CCCCN(C)C)NC(=O)[C@H](Cc1ccccc1)NC(=O)[C@H](CO)NC(=O)C[N+](C)(C)C)C(=O)N[C@@H](CC(=O)O)C(=O)N[C@@H](CC(C)C)C(=O)OC. The summed E-state index contributed by atoms with van der Waals surface area (Å²) in [4.78, 5) is 134. The molecule has 0 aliphatic heterocycles. The first-order valence-corrected chi connectivity index (χ1v) is 24.1. The number of quaternary nitrogens is 1. The van der Waals surface area contributed by atoms with Crippen molar-refractivity contribution in [1.29, 1.82) is 0 Å². The Morgan fingerprint density at radius 3 is 1.65 bits per heavy atom. The topological polar surface area (TPSA) is 340 Å². The Kier molecular flexibility index (Phi) is 28.3. The van der Waals surface area contributed by atoms with Gasteiger partial charge in [0.25, 0.3) is 5.91 Å². The molecule has 9 atom stereocenters. The second kappa shape index (κ2) is 32.0. The lowest BCUT2D eigenvalue weighted by molar-refractivity contribution is -0.862. The Balaban J connectivity index is 3.33. The van der Waals surface area contributed by atoms with Crippen molar-refractivity contribution in [3.8, 4) is 0 Å². The second-order valence-electron chi connectivity index (χ2n) is 19.6. The van der Waals surface area contributed by atoms with E-state index in [0.717, 1.165) is 7.11 Å². The van der Waals surface area contributed by atoms with E-state index < -0.39 is 133 Å². The van der Waals surface area contributed by atoms with Gasteiger partial charge in [0.2, 0.25) is 41.4 Å². The maximum atomic E-state index is 14.1. The van der Waals surface area contributed by atoms with E-state index >= 15 is 0 Å². The molecule has 0 aliphatic rings. The van der Waals surface area contributed by atoms with Crippen molar-refractivity contribution < 1.29 is 72.5 Å². The first kappa shape index (κ1) is 63.8. The molecule has 0 bridgehead atoms. The number of likely N-dealkylation sites (N-methyl/N-ethyl adjacent to an activating group) is 1. The van der Waals surface area contributed by atoms with Crippen LogP contribution in [0.3, 0.4) is 0 Å². The lowest BCUT2D eigenvalue weighted by Gasteiger charge is -2.28. The van der Waals surface area contributed by atoms with Gasteiger partial charge in [-0.15, -0.1) is 0 Å². The number of aliphatic hydroxyl groups is 2. The zero-order valence-electron chi connectivity index (χ0n) is 43.7. The summed E-state index contributed by atoms with van der Waals surface area (Å²) in [5, 5.41) is 49.8. The first-order chi connectivity index (χ1) is 33.7. The third-order valence-corrected chi connectivity index (χ3v) is 11.2. The maximum absolute atomic E-state index is 14.1. The molecule has 24 nitrogen and oxygen atoms in total. The monoisotopic (exact) mass is 1020 g/mol. The number of nitrogens with zero attached hydrogens (tertiary/aromatic N) is 2. The number of ether oxygens (including phenoxy) is 1. The average molecular weight is 1020 g/mol. The van der Waals surface area contributed by atoms with E-state index in [1.54, 1.807) is 79.2 Å². The molecule has 0 aliphatic carbocycles. The molecule has 406 valence electrons. The van der Waals surface area contributed by atoms with Gasteiger partial charge in [0, 0.05) is 6.42 Å². The van der Waals surface area contributed by atoms with Gasteiger partial charge in [0.1, 0.15) is 48.3 Å². The molecule has 0 aromatic heterocycles. The summed E-state index contributed by atoms with van der Waals surface area (Å²) in [7, 11) is 10.1. The molecule has 11 N–H and O–H groups in total. The second-order valence-corrected chi connectivity index (χ2v) is 19.6. The fourth-order valence-electron chi connectivity index (χ4n) is 7.09. The minimum absolute atomic E-state index is 0.0130. The lowest BCUT2D eigenvalue weighted by atomic mass is 9.97. The number of benzene rings is 1. The molecular weight excluding hydrogens is 941 g/mol. The standard InChI is InChI=1S/C48H80N10O14/c1-12-29(4)40(47(70)53-34(24-39(62)63)44(67)54-35(22-28(2)3)48(71)72-11)56-41(64)30(5)49-45(68)37(27-60)55-42(65)32(20-16-17-21-57(6)7)51-43(66)33(23-31-18-14-13-15-19-31)52-46(69)36(26-59)50-38(61)25-58(8,9)10/h13-15,18-19,28-30,32-37,40,59-60H,12,16-17,20-27H2,1-11H3,(H8-,49,50,51,52,53,54,55,56,61,62,63,64,65,66,67,68,69,70)/p+1/t29-,30-,32-,33-,34-,35-,36-,37-,40-/m0/s1. The van der Waals surface area contributed by atoms with Gasteiger partial charge in [-0.2, -0.15) is 0 Å². The number of methoxy groups -OCH3 is 1. The van der Waals surface area contributed by atoms with Crippen molar-refractivity contribution in [2.45, 2.75) is 128 Å². The molecule has 0 unspecified atom stereocenters. The molecule has 0 spiro atoms. The number of rotatable bonds is 33. The van der Waals surface area contributed by atoms with E-state index in [4.69, 9.17) is 4.74 Å². The third-order valence-electron chi connectivity index (χ3n) is 11.2. The number of hydrogen-bond donors (Lipinski definition) is 11. The van der Waals surface area contributed by atoms with Crippen molar-refractivity contribution in [3.63, 3.8) is 0 Å². The molecule has 8 amide bonds. The number of amides is 8. The van der Waals surface area contributed by atoms with Crippen molar-refractivity contribution in [1.82, 2.24) is 47.4 Å². The first-order valence-electron chi connectivity index (χ1n) is 24.1. The zero-order valence-corrected chi connectivity index (χ0v) is 43.7. The average Bonchev–Trinajstić information content (AvgIpc) is 3.30. The van der Waals surface area contributed by atoms with Gasteiger partial charge in [0.05, 0.1) is 47.9 Å². The lowest BCUT2D eigenvalue weighted by Crippen LogP contribution is -2.61. The van der Waals surface area contributed by atoms with Gasteiger partial charge in [-0.1, -0.05) is 64.4 Å². The molecule has 0 heterocycles. The van der Waals surface area contributed by atoms with Crippen LogP contribution < -0.4 is 42.5 Å². The predicted octanol–water partition coefficient (Wildman–Crippen LogP) is -2.71. The number of hydrogen-bond acceptors (Lipinski definition) is 14. The summed E-state index contributed by atoms with van der Waals surface area (Å²) in [6, 6.07) is -2.66. The third kappa shape index (κ3) is 24.3. The quantitative estimate of drug-likeness (QED) is 0.0194. The highest BCUT2D eigenvalue weighted by atomic mass is 16.5. The van der Waals surface area contributed by atoms with E-state index in [1.807, 2.05) is 19.0 Å². The predicted molar refractivity (Wildman–Crippen MR) is 264 cm³/mol. The number of carbonyl (C=O) groups excluding carboxylic acids is 9. The van der Waals surface area contributed by atoms with E-state index in [1.165, 1.54) is 6.92 Å². The van der Waals surface area contributed by atoms with Crippen LogP contribution in [0.2, 0.25) is 0 Å². The van der Waals surface area contributed by atoms with Crippen LogP contribution in [0.5, 0.6) is 0 Å². The van der Waals surface area contributed by atoms with E-state index in [9.17, 15) is 63.3 Å². The van der Waals surface area contributed by atoms with Crippen molar-refractivity contribution in [2.24, 2.45) is 11.8 Å². The van der Waals surface area contributed by atoms with E-state index in [2.05, 4.69) is 42.5 Å². The smallest absolute Gasteiger partial charge is 0.328 e. The summed E-state index contributed by atoms with van der Waals surface area (Å²) >= 11 is 0. The molecular formula is C48H81N10O14+. The van der Waals surface area contributed by atoms with Gasteiger partial charge in [-0.25, -0.2) is 4.79 Å². The summed E-state index contributed by atoms with van der Waals surface area (Å²) in [6.45, 7) is 7.06. The molecule has 1 rings (SSSR count). The Morgan fingerprint density at radius 2 is 1.12 bits per heavy atom. The highest BCUT2D eigenvalue weighted by Gasteiger charge is 2.36. The highest BCUT2D eigenvalue weighted by molar-refractivity contribution is 5.98. The van der Waals surface area contributed by atoms with Gasteiger partial charge in [0.15, 0.2) is 6.54 Å². The minimum Gasteiger partial charge on any atom is -0.481 e. The molecule has 1 aromatic carbocycles. The van der Waals surface area contributed by atoms with Crippen LogP contribution in [0.15, 0.2) is 30.3 Å². The fraction of sp³-hybridized carbons (Fsp3) is 0.667. The minimum atomic E-state index is -1.67. The normalized spacial score (nSPS) is 15.2. The molecule has 0 radical (unpaired) electrons.